The lowest BCUT2D eigenvalue weighted by Crippen LogP contribution is -2.54. The predicted octanol–water partition coefficient (Wildman–Crippen LogP) is 3.05. The molecule has 1 saturated carbocycles. The molecule has 2 fully saturated rings. The highest BCUT2D eigenvalue weighted by atomic mass is 16.3. The molecule has 0 aromatic rings. The van der Waals surface area contributed by atoms with Gasteiger partial charge in [-0.2, -0.15) is 0 Å². The summed E-state index contributed by atoms with van der Waals surface area (Å²) < 4.78 is 0. The molecule has 2 nitrogen and oxygen atoms in total. The van der Waals surface area contributed by atoms with E-state index in [1.807, 2.05) is 0 Å². The Labute approximate surface area is 106 Å². The first-order chi connectivity index (χ1) is 8.35. The summed E-state index contributed by atoms with van der Waals surface area (Å²) in [5, 5.41) is 9.09. The van der Waals surface area contributed by atoms with Crippen molar-refractivity contribution in [1.82, 2.24) is 4.90 Å². The van der Waals surface area contributed by atoms with Crippen LogP contribution in [0.5, 0.6) is 0 Å². The molecular weight excluding hydrogens is 210 g/mol. The van der Waals surface area contributed by atoms with Gasteiger partial charge in [0.05, 0.1) is 0 Å². The second kappa shape index (κ2) is 6.75. The molecule has 1 heterocycles. The van der Waals surface area contributed by atoms with Gasteiger partial charge in [0.1, 0.15) is 0 Å². The SMILES string of the molecule is CCCCCC[C@H]1CCC[C@@H]1N1CC(CO)C1. The van der Waals surface area contributed by atoms with Crippen molar-refractivity contribution < 1.29 is 5.11 Å². The van der Waals surface area contributed by atoms with Crippen LogP contribution in [0.1, 0.15) is 58.3 Å². The Morgan fingerprint density at radius 1 is 1.12 bits per heavy atom. The molecule has 0 aromatic carbocycles. The number of likely N-dealkylation sites (tertiary alicyclic amines) is 1. The van der Waals surface area contributed by atoms with Crippen molar-refractivity contribution in [2.24, 2.45) is 11.8 Å². The van der Waals surface area contributed by atoms with Gasteiger partial charge in [0.2, 0.25) is 0 Å². The van der Waals surface area contributed by atoms with Crippen molar-refractivity contribution in [2.45, 2.75) is 64.3 Å². The number of hydrogen-bond acceptors (Lipinski definition) is 2. The summed E-state index contributed by atoms with van der Waals surface area (Å²) in [7, 11) is 0. The molecule has 2 heteroatoms. The lowest BCUT2D eigenvalue weighted by atomic mass is 9.90. The van der Waals surface area contributed by atoms with Gasteiger partial charge in [-0.15, -0.1) is 0 Å². The van der Waals surface area contributed by atoms with Crippen LogP contribution in [0.4, 0.5) is 0 Å². The van der Waals surface area contributed by atoms with Gasteiger partial charge in [-0.25, -0.2) is 0 Å². The van der Waals surface area contributed by atoms with Crippen molar-refractivity contribution in [3.8, 4) is 0 Å². The van der Waals surface area contributed by atoms with Crippen LogP contribution in [0.15, 0.2) is 0 Å². The summed E-state index contributed by atoms with van der Waals surface area (Å²) in [5.74, 6) is 1.54. The summed E-state index contributed by atoms with van der Waals surface area (Å²) >= 11 is 0. The van der Waals surface area contributed by atoms with E-state index in [1.54, 1.807) is 0 Å². The fourth-order valence-electron chi connectivity index (χ4n) is 3.66. The molecule has 17 heavy (non-hydrogen) atoms. The van der Waals surface area contributed by atoms with Gasteiger partial charge in [-0.3, -0.25) is 4.90 Å². The van der Waals surface area contributed by atoms with Crippen LogP contribution >= 0.6 is 0 Å². The van der Waals surface area contributed by atoms with Crippen molar-refractivity contribution in [3.63, 3.8) is 0 Å². The lowest BCUT2D eigenvalue weighted by molar-refractivity contribution is 0.00525. The highest BCUT2D eigenvalue weighted by molar-refractivity contribution is 4.91. The zero-order valence-corrected chi connectivity index (χ0v) is 11.4. The molecule has 100 valence electrons. The fourth-order valence-corrected chi connectivity index (χ4v) is 3.66. The Morgan fingerprint density at radius 3 is 2.65 bits per heavy atom. The maximum absolute atomic E-state index is 9.09. The molecule has 2 rings (SSSR count). The van der Waals surface area contributed by atoms with Crippen molar-refractivity contribution in [2.75, 3.05) is 19.7 Å². The Bertz CT molecular complexity index is 213. The first-order valence-corrected chi connectivity index (χ1v) is 7.70. The molecule has 1 N–H and O–H groups in total. The monoisotopic (exact) mass is 239 g/mol. The minimum atomic E-state index is 0.393. The van der Waals surface area contributed by atoms with Crippen LogP contribution < -0.4 is 0 Å². The minimum Gasteiger partial charge on any atom is -0.396 e. The smallest absolute Gasteiger partial charge is 0.0483 e. The third-order valence-electron chi connectivity index (χ3n) is 4.76. The molecule has 0 amide bonds. The van der Waals surface area contributed by atoms with E-state index in [4.69, 9.17) is 5.11 Å². The lowest BCUT2D eigenvalue weighted by Gasteiger charge is -2.44. The molecule has 0 unspecified atom stereocenters. The molecule has 1 aliphatic carbocycles. The van der Waals surface area contributed by atoms with E-state index in [0.717, 1.165) is 25.0 Å². The average molecular weight is 239 g/mol. The second-order valence-corrected chi connectivity index (χ2v) is 6.11. The van der Waals surface area contributed by atoms with E-state index in [-0.39, 0.29) is 0 Å². The normalized spacial score (nSPS) is 30.7. The number of aliphatic hydroxyl groups is 1. The number of aliphatic hydroxyl groups excluding tert-OH is 1. The fraction of sp³-hybridized carbons (Fsp3) is 1.00. The molecule has 0 radical (unpaired) electrons. The van der Waals surface area contributed by atoms with E-state index >= 15 is 0 Å². The molecule has 0 spiro atoms. The molecule has 1 saturated heterocycles. The van der Waals surface area contributed by atoms with Crippen LogP contribution in [-0.4, -0.2) is 35.7 Å². The second-order valence-electron chi connectivity index (χ2n) is 6.11. The van der Waals surface area contributed by atoms with Crippen molar-refractivity contribution in [3.05, 3.63) is 0 Å². The highest BCUT2D eigenvalue weighted by Gasteiger charge is 2.37. The van der Waals surface area contributed by atoms with Crippen LogP contribution in [0.3, 0.4) is 0 Å². The van der Waals surface area contributed by atoms with Gasteiger partial charge in [0.25, 0.3) is 0 Å². The topological polar surface area (TPSA) is 23.5 Å². The predicted molar refractivity (Wildman–Crippen MR) is 72.0 cm³/mol. The van der Waals surface area contributed by atoms with Crippen molar-refractivity contribution >= 4 is 0 Å². The zero-order chi connectivity index (χ0) is 12.1. The highest BCUT2D eigenvalue weighted by Crippen LogP contribution is 2.36. The third-order valence-corrected chi connectivity index (χ3v) is 4.76. The summed E-state index contributed by atoms with van der Waals surface area (Å²) in [6, 6.07) is 0.861. The summed E-state index contributed by atoms with van der Waals surface area (Å²) in [4.78, 5) is 2.64. The van der Waals surface area contributed by atoms with Crippen molar-refractivity contribution in [1.29, 1.82) is 0 Å². The molecule has 2 aliphatic rings. The van der Waals surface area contributed by atoms with E-state index in [9.17, 15) is 0 Å². The standard InChI is InChI=1S/C15H29NO/c1-2-3-4-5-7-14-8-6-9-15(14)16-10-13(11-16)12-17/h13-15,17H,2-12H2,1H3/t14-,15-/m0/s1. The Morgan fingerprint density at radius 2 is 1.94 bits per heavy atom. The summed E-state index contributed by atoms with van der Waals surface area (Å²) in [6.07, 6.45) is 11.4. The first kappa shape index (κ1) is 13.4. The largest absolute Gasteiger partial charge is 0.396 e. The maximum Gasteiger partial charge on any atom is 0.0483 e. The van der Waals surface area contributed by atoms with E-state index < -0.39 is 0 Å². The van der Waals surface area contributed by atoms with Gasteiger partial charge in [-0.1, -0.05) is 39.0 Å². The Hall–Kier alpha value is -0.0800. The van der Waals surface area contributed by atoms with Gasteiger partial charge >= 0.3 is 0 Å². The number of hydrogen-bond donors (Lipinski definition) is 1. The quantitative estimate of drug-likeness (QED) is 0.690. The van der Waals surface area contributed by atoms with Crippen LogP contribution in [-0.2, 0) is 0 Å². The van der Waals surface area contributed by atoms with Gasteiger partial charge in [0.15, 0.2) is 0 Å². The van der Waals surface area contributed by atoms with E-state index in [1.165, 1.54) is 51.4 Å². The minimum absolute atomic E-state index is 0.393. The Kier molecular flexibility index (Phi) is 5.30. The van der Waals surface area contributed by atoms with Crippen LogP contribution in [0.2, 0.25) is 0 Å². The van der Waals surface area contributed by atoms with Crippen LogP contribution in [0, 0.1) is 11.8 Å². The number of unbranched alkanes of at least 4 members (excludes halogenated alkanes) is 3. The molecule has 2 atom stereocenters. The molecule has 1 aliphatic heterocycles. The van der Waals surface area contributed by atoms with Gasteiger partial charge in [0, 0.05) is 31.7 Å². The van der Waals surface area contributed by atoms with Crippen LogP contribution in [0.25, 0.3) is 0 Å². The molecule has 0 aromatic heterocycles. The Balaban J connectivity index is 1.67. The number of nitrogens with zero attached hydrogens (tertiary/aromatic N) is 1. The van der Waals surface area contributed by atoms with E-state index in [0.29, 0.717) is 12.5 Å². The van der Waals surface area contributed by atoms with E-state index in [2.05, 4.69) is 11.8 Å². The maximum atomic E-state index is 9.09. The first-order valence-electron chi connectivity index (χ1n) is 7.70. The van der Waals surface area contributed by atoms with Gasteiger partial charge in [-0.05, 0) is 25.2 Å². The average Bonchev–Trinajstić information content (AvgIpc) is 2.72. The number of rotatable bonds is 7. The summed E-state index contributed by atoms with van der Waals surface area (Å²) in [5.41, 5.74) is 0. The zero-order valence-electron chi connectivity index (χ0n) is 11.4. The van der Waals surface area contributed by atoms with Gasteiger partial charge < -0.3 is 5.11 Å². The molecule has 0 bridgehead atoms. The molecular formula is C15H29NO. The third kappa shape index (κ3) is 3.45. The summed E-state index contributed by atoms with van der Waals surface area (Å²) in [6.45, 7) is 5.00.